The van der Waals surface area contributed by atoms with Crippen LogP contribution in [0.4, 0.5) is 0 Å². The van der Waals surface area contributed by atoms with E-state index in [9.17, 15) is 0 Å². The molecule has 0 aliphatic rings. The van der Waals surface area contributed by atoms with Crippen LogP contribution in [0.3, 0.4) is 0 Å². The van der Waals surface area contributed by atoms with Crippen LogP contribution < -0.4 is 0 Å². The first-order valence-corrected chi connectivity index (χ1v) is 5.61. The average molecular weight is 197 g/mol. The third-order valence-electron chi connectivity index (χ3n) is 2.32. The van der Waals surface area contributed by atoms with Crippen LogP contribution in [0.2, 0.25) is 0 Å². The fourth-order valence-corrected chi connectivity index (χ4v) is 1.12. The molecule has 0 aromatic heterocycles. The Balaban J connectivity index is 3.18. The summed E-state index contributed by atoms with van der Waals surface area (Å²) >= 11 is 0. The van der Waals surface area contributed by atoms with Gasteiger partial charge in [0.15, 0.2) is 0 Å². The van der Waals surface area contributed by atoms with Crippen LogP contribution >= 0.6 is 0 Å². The molecule has 0 fully saturated rings. The third-order valence-corrected chi connectivity index (χ3v) is 2.32. The molecule has 0 spiro atoms. The quantitative estimate of drug-likeness (QED) is 0.558. The highest BCUT2D eigenvalue weighted by molar-refractivity contribution is 4.91. The van der Waals surface area contributed by atoms with Crippen molar-refractivity contribution in [3.63, 3.8) is 0 Å². The molecule has 2 heteroatoms. The number of nitrogens with zero attached hydrogens (tertiary/aromatic N) is 1. The molecule has 0 saturated carbocycles. The summed E-state index contributed by atoms with van der Waals surface area (Å²) in [4.78, 5) is 0. The molecule has 0 bridgehead atoms. The van der Waals surface area contributed by atoms with Crippen molar-refractivity contribution in [2.45, 2.75) is 52.9 Å². The highest BCUT2D eigenvalue weighted by Crippen LogP contribution is 2.18. The van der Waals surface area contributed by atoms with Crippen molar-refractivity contribution in [1.29, 1.82) is 5.26 Å². The molecule has 2 nitrogen and oxygen atoms in total. The molecule has 0 rings (SSSR count). The van der Waals surface area contributed by atoms with Gasteiger partial charge in [0.25, 0.3) is 0 Å². The van der Waals surface area contributed by atoms with Crippen LogP contribution in [0.15, 0.2) is 0 Å². The molecule has 0 aromatic rings. The van der Waals surface area contributed by atoms with E-state index in [1.54, 1.807) is 0 Å². The molecule has 0 unspecified atom stereocenters. The molecule has 0 N–H and O–H groups in total. The van der Waals surface area contributed by atoms with Crippen LogP contribution in [0, 0.1) is 16.7 Å². The number of rotatable bonds is 8. The van der Waals surface area contributed by atoms with Gasteiger partial charge in [0.1, 0.15) is 0 Å². The van der Waals surface area contributed by atoms with Gasteiger partial charge in [-0.15, -0.1) is 0 Å². The topological polar surface area (TPSA) is 33.0 Å². The average Bonchev–Trinajstić information content (AvgIpc) is 2.16. The van der Waals surface area contributed by atoms with Crippen LogP contribution in [-0.4, -0.2) is 13.2 Å². The van der Waals surface area contributed by atoms with Crippen molar-refractivity contribution in [1.82, 2.24) is 0 Å². The van der Waals surface area contributed by atoms with Gasteiger partial charge in [-0.3, -0.25) is 0 Å². The zero-order valence-corrected chi connectivity index (χ0v) is 9.81. The standard InChI is InChI=1S/C12H23NO/c1-4-5-6-7-9-14-10-8-12(2,3)11-13/h4-10H2,1-3H3. The van der Waals surface area contributed by atoms with E-state index in [-0.39, 0.29) is 5.41 Å². The van der Waals surface area contributed by atoms with Crippen molar-refractivity contribution in [2.24, 2.45) is 5.41 Å². The summed E-state index contributed by atoms with van der Waals surface area (Å²) in [6.45, 7) is 7.67. The van der Waals surface area contributed by atoms with E-state index in [4.69, 9.17) is 10.00 Å². The van der Waals surface area contributed by atoms with Crippen molar-refractivity contribution in [2.75, 3.05) is 13.2 Å². The van der Waals surface area contributed by atoms with E-state index < -0.39 is 0 Å². The van der Waals surface area contributed by atoms with E-state index in [2.05, 4.69) is 13.0 Å². The summed E-state index contributed by atoms with van der Waals surface area (Å²) < 4.78 is 5.47. The predicted molar refractivity (Wildman–Crippen MR) is 59.0 cm³/mol. The molecule has 0 aliphatic heterocycles. The summed E-state index contributed by atoms with van der Waals surface area (Å²) in [6.07, 6.45) is 5.81. The van der Waals surface area contributed by atoms with Crippen LogP contribution in [-0.2, 0) is 4.74 Å². The Kier molecular flexibility index (Phi) is 7.51. The van der Waals surface area contributed by atoms with Gasteiger partial charge >= 0.3 is 0 Å². The number of unbranched alkanes of at least 4 members (excludes halogenated alkanes) is 3. The van der Waals surface area contributed by atoms with Gasteiger partial charge < -0.3 is 4.74 Å². The molecule has 0 radical (unpaired) electrons. The van der Waals surface area contributed by atoms with Gasteiger partial charge in [0, 0.05) is 13.2 Å². The van der Waals surface area contributed by atoms with Gasteiger partial charge in [-0.05, 0) is 26.7 Å². The molecule has 0 heterocycles. The molecular formula is C12H23NO. The zero-order chi connectivity index (χ0) is 10.9. The second kappa shape index (κ2) is 7.82. The Labute approximate surface area is 88.3 Å². The minimum absolute atomic E-state index is 0.233. The van der Waals surface area contributed by atoms with Gasteiger partial charge in [-0.2, -0.15) is 5.26 Å². The van der Waals surface area contributed by atoms with Crippen molar-refractivity contribution in [3.8, 4) is 6.07 Å². The highest BCUT2D eigenvalue weighted by Gasteiger charge is 2.15. The van der Waals surface area contributed by atoms with Crippen molar-refractivity contribution >= 4 is 0 Å². The molecule has 14 heavy (non-hydrogen) atoms. The zero-order valence-electron chi connectivity index (χ0n) is 9.81. The summed E-state index contributed by atoms with van der Waals surface area (Å²) in [6, 6.07) is 2.27. The van der Waals surface area contributed by atoms with E-state index in [1.807, 2.05) is 13.8 Å². The van der Waals surface area contributed by atoms with Gasteiger partial charge in [0.2, 0.25) is 0 Å². The predicted octanol–water partition coefficient (Wildman–Crippen LogP) is 3.52. The lowest BCUT2D eigenvalue weighted by molar-refractivity contribution is 0.111. The number of hydrogen-bond acceptors (Lipinski definition) is 2. The number of nitriles is 1. The molecular weight excluding hydrogens is 174 g/mol. The lowest BCUT2D eigenvalue weighted by Gasteiger charge is -2.14. The SMILES string of the molecule is CCCCCCOCCC(C)(C)C#N. The maximum atomic E-state index is 8.76. The second-order valence-electron chi connectivity index (χ2n) is 4.42. The summed E-state index contributed by atoms with van der Waals surface area (Å²) in [7, 11) is 0. The van der Waals surface area contributed by atoms with E-state index in [0.717, 1.165) is 19.4 Å². The minimum Gasteiger partial charge on any atom is -0.381 e. The molecule has 82 valence electrons. The first-order valence-electron chi connectivity index (χ1n) is 5.61. The monoisotopic (exact) mass is 197 g/mol. The first kappa shape index (κ1) is 13.4. The minimum atomic E-state index is -0.233. The largest absolute Gasteiger partial charge is 0.381 e. The normalized spacial score (nSPS) is 11.3. The summed E-state index contributed by atoms with van der Waals surface area (Å²) in [5.41, 5.74) is -0.233. The van der Waals surface area contributed by atoms with Crippen LogP contribution in [0.1, 0.15) is 52.9 Å². The molecule has 0 amide bonds. The van der Waals surface area contributed by atoms with E-state index >= 15 is 0 Å². The van der Waals surface area contributed by atoms with Crippen LogP contribution in [0.5, 0.6) is 0 Å². The fourth-order valence-electron chi connectivity index (χ4n) is 1.12. The Bertz CT molecular complexity index is 170. The Morgan fingerprint density at radius 1 is 1.14 bits per heavy atom. The van der Waals surface area contributed by atoms with Gasteiger partial charge in [-0.25, -0.2) is 0 Å². The lowest BCUT2D eigenvalue weighted by atomic mass is 9.92. The number of ether oxygens (including phenoxy) is 1. The van der Waals surface area contributed by atoms with Gasteiger partial charge in [-0.1, -0.05) is 26.2 Å². The summed E-state index contributed by atoms with van der Waals surface area (Å²) in [5, 5.41) is 8.76. The Morgan fingerprint density at radius 3 is 2.43 bits per heavy atom. The first-order chi connectivity index (χ1) is 6.62. The molecule has 0 aliphatic carbocycles. The van der Waals surface area contributed by atoms with Crippen molar-refractivity contribution in [3.05, 3.63) is 0 Å². The Hall–Kier alpha value is -0.550. The van der Waals surface area contributed by atoms with Crippen LogP contribution in [0.25, 0.3) is 0 Å². The number of hydrogen-bond donors (Lipinski definition) is 0. The summed E-state index contributed by atoms with van der Waals surface area (Å²) in [5.74, 6) is 0. The fraction of sp³-hybridized carbons (Fsp3) is 0.917. The van der Waals surface area contributed by atoms with E-state index in [0.29, 0.717) is 6.61 Å². The lowest BCUT2D eigenvalue weighted by Crippen LogP contribution is -2.12. The van der Waals surface area contributed by atoms with Crippen molar-refractivity contribution < 1.29 is 4.74 Å². The molecule has 0 aromatic carbocycles. The maximum Gasteiger partial charge on any atom is 0.0684 e. The van der Waals surface area contributed by atoms with Gasteiger partial charge in [0.05, 0.1) is 11.5 Å². The smallest absolute Gasteiger partial charge is 0.0684 e. The second-order valence-corrected chi connectivity index (χ2v) is 4.42. The van der Waals surface area contributed by atoms with E-state index in [1.165, 1.54) is 19.3 Å². The maximum absolute atomic E-state index is 8.76. The Morgan fingerprint density at radius 2 is 1.86 bits per heavy atom. The molecule has 0 atom stereocenters. The third kappa shape index (κ3) is 8.07. The highest BCUT2D eigenvalue weighted by atomic mass is 16.5. The molecule has 0 saturated heterocycles.